The van der Waals surface area contributed by atoms with Gasteiger partial charge in [0.05, 0.1) is 7.11 Å². The number of amides is 1. The van der Waals surface area contributed by atoms with Gasteiger partial charge in [0, 0.05) is 18.3 Å². The maximum atomic E-state index is 11.1. The summed E-state index contributed by atoms with van der Waals surface area (Å²) in [4.78, 5) is 23.5. The first kappa shape index (κ1) is 9.77. The van der Waals surface area contributed by atoms with E-state index in [1.165, 1.54) is 18.9 Å². The minimum atomic E-state index is -0.404. The molecule has 0 aromatic heterocycles. The van der Waals surface area contributed by atoms with E-state index in [1.54, 1.807) is 6.20 Å². The molecule has 4 nitrogen and oxygen atoms in total. The van der Waals surface area contributed by atoms with Gasteiger partial charge in [0.15, 0.2) is 5.78 Å². The second-order valence-electron chi connectivity index (χ2n) is 2.98. The average molecular weight is 183 g/mol. The van der Waals surface area contributed by atoms with Crippen LogP contribution in [-0.4, -0.2) is 30.4 Å². The Balaban J connectivity index is 2.73. The van der Waals surface area contributed by atoms with Crippen molar-refractivity contribution < 1.29 is 14.3 Å². The van der Waals surface area contributed by atoms with Crippen LogP contribution in [0.5, 0.6) is 0 Å². The van der Waals surface area contributed by atoms with E-state index in [2.05, 4.69) is 4.74 Å². The van der Waals surface area contributed by atoms with Crippen molar-refractivity contribution >= 4 is 11.9 Å². The number of ether oxygens (including phenoxy) is 1. The largest absolute Gasteiger partial charge is 0.452 e. The first-order valence-corrected chi connectivity index (χ1v) is 4.21. The number of hydrogen-bond acceptors (Lipinski definition) is 3. The number of ketones is 1. The molecule has 72 valence electrons. The molecule has 0 spiro atoms. The number of allylic oxidation sites excluding steroid dienone is 1. The highest BCUT2D eigenvalue weighted by Crippen LogP contribution is 2.15. The van der Waals surface area contributed by atoms with Crippen molar-refractivity contribution in [2.24, 2.45) is 0 Å². The Kier molecular flexibility index (Phi) is 3.06. The lowest BCUT2D eigenvalue weighted by Crippen LogP contribution is -2.30. The molecule has 0 N–H and O–H groups in total. The van der Waals surface area contributed by atoms with Gasteiger partial charge < -0.3 is 4.74 Å². The molecule has 0 aromatic rings. The molecule has 13 heavy (non-hydrogen) atoms. The van der Waals surface area contributed by atoms with Gasteiger partial charge in [-0.15, -0.1) is 0 Å². The monoisotopic (exact) mass is 183 g/mol. The highest BCUT2D eigenvalue weighted by Gasteiger charge is 2.18. The third-order valence-corrected chi connectivity index (χ3v) is 2.02. The fraction of sp³-hybridized carbons (Fsp3) is 0.556. The Morgan fingerprint density at radius 2 is 2.23 bits per heavy atom. The van der Waals surface area contributed by atoms with Crippen molar-refractivity contribution in [2.45, 2.75) is 19.8 Å². The van der Waals surface area contributed by atoms with Crippen LogP contribution in [-0.2, 0) is 9.53 Å². The summed E-state index contributed by atoms with van der Waals surface area (Å²) < 4.78 is 4.55. The molecule has 0 unspecified atom stereocenters. The third-order valence-electron chi connectivity index (χ3n) is 2.02. The first-order valence-electron chi connectivity index (χ1n) is 4.21. The minimum Gasteiger partial charge on any atom is -0.452 e. The van der Waals surface area contributed by atoms with Crippen LogP contribution in [0.1, 0.15) is 19.8 Å². The standard InChI is InChI=1S/C9H13NO3/c1-7(11)8-4-3-5-10(6-8)9(12)13-2/h6H,3-5H2,1-2H3. The van der Waals surface area contributed by atoms with Crippen molar-refractivity contribution in [3.05, 3.63) is 11.8 Å². The van der Waals surface area contributed by atoms with Crippen molar-refractivity contribution in [2.75, 3.05) is 13.7 Å². The fourth-order valence-electron chi connectivity index (χ4n) is 1.29. The number of carbonyl (C=O) groups excluding carboxylic acids is 2. The van der Waals surface area contributed by atoms with Crippen LogP contribution in [0.4, 0.5) is 4.79 Å². The molecule has 0 radical (unpaired) electrons. The van der Waals surface area contributed by atoms with Gasteiger partial charge in [0.1, 0.15) is 0 Å². The normalized spacial score (nSPS) is 16.5. The number of carbonyl (C=O) groups is 2. The number of nitrogens with zero attached hydrogens (tertiary/aromatic N) is 1. The van der Waals surface area contributed by atoms with Gasteiger partial charge in [-0.1, -0.05) is 0 Å². The molecule has 1 heterocycles. The zero-order chi connectivity index (χ0) is 9.84. The molecule has 0 saturated heterocycles. The molecular weight excluding hydrogens is 170 g/mol. The minimum absolute atomic E-state index is 0.0219. The molecule has 0 fully saturated rings. The number of rotatable bonds is 1. The third kappa shape index (κ3) is 2.31. The SMILES string of the molecule is COC(=O)N1C=C(C(C)=O)CCC1. The Hall–Kier alpha value is -1.32. The molecule has 1 amide bonds. The molecular formula is C9H13NO3. The summed E-state index contributed by atoms with van der Waals surface area (Å²) in [7, 11) is 1.33. The fourth-order valence-corrected chi connectivity index (χ4v) is 1.29. The number of methoxy groups -OCH3 is 1. The quantitative estimate of drug-likeness (QED) is 0.616. The van der Waals surface area contributed by atoms with E-state index >= 15 is 0 Å². The van der Waals surface area contributed by atoms with Gasteiger partial charge in [0.25, 0.3) is 0 Å². The maximum absolute atomic E-state index is 11.1. The van der Waals surface area contributed by atoms with Crippen LogP contribution >= 0.6 is 0 Å². The van der Waals surface area contributed by atoms with Crippen LogP contribution in [0.2, 0.25) is 0 Å². The highest BCUT2D eigenvalue weighted by molar-refractivity contribution is 5.93. The zero-order valence-electron chi connectivity index (χ0n) is 7.87. The van der Waals surface area contributed by atoms with E-state index in [0.29, 0.717) is 12.1 Å². The van der Waals surface area contributed by atoms with E-state index in [9.17, 15) is 9.59 Å². The van der Waals surface area contributed by atoms with Gasteiger partial charge in [-0.25, -0.2) is 4.79 Å². The summed E-state index contributed by atoms with van der Waals surface area (Å²) in [6, 6.07) is 0. The molecule has 1 rings (SSSR count). The first-order chi connectivity index (χ1) is 6.15. The van der Waals surface area contributed by atoms with Crippen molar-refractivity contribution in [3.8, 4) is 0 Å². The van der Waals surface area contributed by atoms with E-state index in [-0.39, 0.29) is 5.78 Å². The molecule has 0 aromatic carbocycles. The van der Waals surface area contributed by atoms with Crippen LogP contribution in [0.3, 0.4) is 0 Å². The molecule has 0 aliphatic carbocycles. The van der Waals surface area contributed by atoms with Crippen LogP contribution in [0.25, 0.3) is 0 Å². The zero-order valence-corrected chi connectivity index (χ0v) is 7.87. The number of hydrogen-bond donors (Lipinski definition) is 0. The summed E-state index contributed by atoms with van der Waals surface area (Å²) in [6.07, 6.45) is 2.75. The van der Waals surface area contributed by atoms with E-state index < -0.39 is 6.09 Å². The van der Waals surface area contributed by atoms with E-state index in [1.807, 2.05) is 0 Å². The van der Waals surface area contributed by atoms with Crippen molar-refractivity contribution in [1.29, 1.82) is 0 Å². The van der Waals surface area contributed by atoms with Gasteiger partial charge in [-0.05, 0) is 19.8 Å². The van der Waals surface area contributed by atoms with Gasteiger partial charge >= 0.3 is 6.09 Å². The smallest absolute Gasteiger partial charge is 0.413 e. The predicted octanol–water partition coefficient (Wildman–Crippen LogP) is 1.32. The van der Waals surface area contributed by atoms with E-state index in [4.69, 9.17) is 0 Å². The Morgan fingerprint density at radius 3 is 2.77 bits per heavy atom. The topological polar surface area (TPSA) is 46.6 Å². The summed E-state index contributed by atoms with van der Waals surface area (Å²) in [5.41, 5.74) is 0.691. The summed E-state index contributed by atoms with van der Waals surface area (Å²) in [6.45, 7) is 2.13. The van der Waals surface area contributed by atoms with E-state index in [0.717, 1.165) is 12.8 Å². The summed E-state index contributed by atoms with van der Waals surface area (Å²) >= 11 is 0. The summed E-state index contributed by atoms with van der Waals surface area (Å²) in [5, 5.41) is 0. The maximum Gasteiger partial charge on any atom is 0.413 e. The Labute approximate surface area is 77.2 Å². The lowest BCUT2D eigenvalue weighted by Gasteiger charge is -2.22. The highest BCUT2D eigenvalue weighted by atomic mass is 16.5. The summed E-state index contributed by atoms with van der Waals surface area (Å²) in [5.74, 6) is 0.0219. The lowest BCUT2D eigenvalue weighted by molar-refractivity contribution is -0.113. The predicted molar refractivity (Wildman–Crippen MR) is 47.1 cm³/mol. The van der Waals surface area contributed by atoms with Crippen molar-refractivity contribution in [1.82, 2.24) is 4.90 Å². The molecule has 0 atom stereocenters. The average Bonchev–Trinajstić information content (AvgIpc) is 2.17. The van der Waals surface area contributed by atoms with Crippen LogP contribution < -0.4 is 0 Å². The second kappa shape index (κ2) is 4.07. The molecule has 1 aliphatic rings. The van der Waals surface area contributed by atoms with Crippen LogP contribution in [0, 0.1) is 0 Å². The van der Waals surface area contributed by atoms with Crippen LogP contribution in [0.15, 0.2) is 11.8 Å². The molecule has 4 heteroatoms. The molecule has 1 aliphatic heterocycles. The lowest BCUT2D eigenvalue weighted by atomic mass is 10.0. The second-order valence-corrected chi connectivity index (χ2v) is 2.98. The van der Waals surface area contributed by atoms with Gasteiger partial charge in [0.2, 0.25) is 0 Å². The Morgan fingerprint density at radius 1 is 1.54 bits per heavy atom. The van der Waals surface area contributed by atoms with Gasteiger partial charge in [-0.3, -0.25) is 9.69 Å². The molecule has 0 bridgehead atoms. The number of Topliss-reactive ketones (excluding diaryl/α,β-unsaturated/α-hetero) is 1. The Bertz CT molecular complexity index is 258. The van der Waals surface area contributed by atoms with Crippen molar-refractivity contribution in [3.63, 3.8) is 0 Å². The van der Waals surface area contributed by atoms with Gasteiger partial charge in [-0.2, -0.15) is 0 Å². The molecule has 0 saturated carbocycles.